The Balaban J connectivity index is 1.77. The number of nitrogens with zero attached hydrogens (tertiary/aromatic N) is 1. The standard InChI is InChI=1S/C22H20N4O3/c1-12-6-2-5-9-16(12)26-21(28)17(20(27)25-22(26)29)19-18-14(10-11-23-19)13-7-3-4-8-15(13)24-18/h2-9,19,23-24,28H,10-11H2,1H3,(H,25,27,29). The molecule has 0 spiro atoms. The summed E-state index contributed by atoms with van der Waals surface area (Å²) in [5, 5.41) is 15.5. The third-order valence-electron chi connectivity index (χ3n) is 5.62. The van der Waals surface area contributed by atoms with Gasteiger partial charge in [-0.3, -0.25) is 9.78 Å². The Labute approximate surface area is 165 Å². The third kappa shape index (κ3) is 2.62. The number of aromatic nitrogens is 3. The summed E-state index contributed by atoms with van der Waals surface area (Å²) in [7, 11) is 0. The number of hydrogen-bond acceptors (Lipinski definition) is 4. The predicted octanol–water partition coefficient (Wildman–Crippen LogP) is 2.26. The monoisotopic (exact) mass is 388 g/mol. The summed E-state index contributed by atoms with van der Waals surface area (Å²) >= 11 is 0. The van der Waals surface area contributed by atoms with E-state index in [9.17, 15) is 14.7 Å². The Bertz CT molecular complexity index is 1360. The van der Waals surface area contributed by atoms with E-state index >= 15 is 0 Å². The van der Waals surface area contributed by atoms with Crippen LogP contribution in [0.5, 0.6) is 5.88 Å². The molecule has 1 aliphatic rings. The Morgan fingerprint density at radius 2 is 1.79 bits per heavy atom. The Morgan fingerprint density at radius 3 is 2.62 bits per heavy atom. The quantitative estimate of drug-likeness (QED) is 0.423. The van der Waals surface area contributed by atoms with Gasteiger partial charge in [-0.25, -0.2) is 9.36 Å². The maximum Gasteiger partial charge on any atom is 0.335 e. The first-order valence-corrected chi connectivity index (χ1v) is 9.53. The largest absolute Gasteiger partial charge is 0.494 e. The topological polar surface area (TPSA) is 103 Å². The minimum Gasteiger partial charge on any atom is -0.494 e. The van der Waals surface area contributed by atoms with Crippen LogP contribution in [0.4, 0.5) is 0 Å². The highest BCUT2D eigenvalue weighted by Gasteiger charge is 2.31. The van der Waals surface area contributed by atoms with Crippen LogP contribution in [0.3, 0.4) is 0 Å². The lowest BCUT2D eigenvalue weighted by Gasteiger charge is -2.25. The van der Waals surface area contributed by atoms with Gasteiger partial charge in [-0.2, -0.15) is 0 Å². The molecule has 0 saturated heterocycles. The number of para-hydroxylation sites is 2. The van der Waals surface area contributed by atoms with Crippen LogP contribution in [-0.2, 0) is 6.42 Å². The number of hydrogen-bond donors (Lipinski definition) is 4. The molecule has 7 heteroatoms. The third-order valence-corrected chi connectivity index (χ3v) is 5.62. The van der Waals surface area contributed by atoms with Gasteiger partial charge < -0.3 is 15.4 Å². The first kappa shape index (κ1) is 17.5. The molecule has 5 rings (SSSR count). The van der Waals surface area contributed by atoms with E-state index in [0.29, 0.717) is 12.2 Å². The number of aromatic amines is 2. The first-order chi connectivity index (χ1) is 14.1. The van der Waals surface area contributed by atoms with Crippen LogP contribution in [0.1, 0.15) is 28.4 Å². The van der Waals surface area contributed by atoms with Gasteiger partial charge >= 0.3 is 5.69 Å². The second kappa shape index (κ2) is 6.49. The Hall–Kier alpha value is -3.58. The van der Waals surface area contributed by atoms with Crippen molar-refractivity contribution in [2.75, 3.05) is 6.54 Å². The fourth-order valence-corrected chi connectivity index (χ4v) is 4.26. The molecule has 1 unspecified atom stereocenters. The van der Waals surface area contributed by atoms with Gasteiger partial charge in [-0.05, 0) is 36.6 Å². The summed E-state index contributed by atoms with van der Waals surface area (Å²) in [6.45, 7) is 2.50. The molecule has 0 radical (unpaired) electrons. The van der Waals surface area contributed by atoms with Crippen LogP contribution < -0.4 is 16.6 Å². The molecule has 0 fully saturated rings. The second-order valence-electron chi connectivity index (χ2n) is 7.32. The molecule has 4 N–H and O–H groups in total. The van der Waals surface area contributed by atoms with E-state index < -0.39 is 17.3 Å². The lowest BCUT2D eigenvalue weighted by atomic mass is 9.95. The van der Waals surface area contributed by atoms with Gasteiger partial charge in [-0.1, -0.05) is 36.4 Å². The Kier molecular flexibility index (Phi) is 3.92. The van der Waals surface area contributed by atoms with Crippen molar-refractivity contribution in [1.29, 1.82) is 0 Å². The highest BCUT2D eigenvalue weighted by Crippen LogP contribution is 2.35. The second-order valence-corrected chi connectivity index (χ2v) is 7.32. The first-order valence-electron chi connectivity index (χ1n) is 9.53. The lowest BCUT2D eigenvalue weighted by molar-refractivity contribution is 0.409. The summed E-state index contributed by atoms with van der Waals surface area (Å²) in [5.41, 5.74) is 3.14. The molecule has 0 saturated carbocycles. The smallest absolute Gasteiger partial charge is 0.335 e. The summed E-state index contributed by atoms with van der Waals surface area (Å²) < 4.78 is 1.16. The number of aryl methyl sites for hydroxylation is 1. The predicted molar refractivity (Wildman–Crippen MR) is 111 cm³/mol. The zero-order valence-corrected chi connectivity index (χ0v) is 15.8. The molecule has 3 heterocycles. The van der Waals surface area contributed by atoms with E-state index in [1.165, 1.54) is 0 Å². The molecule has 0 bridgehead atoms. The van der Waals surface area contributed by atoms with Crippen molar-refractivity contribution in [2.24, 2.45) is 0 Å². The molecule has 1 atom stereocenters. The number of benzene rings is 2. The van der Waals surface area contributed by atoms with Crippen LogP contribution in [0, 0.1) is 6.92 Å². The van der Waals surface area contributed by atoms with Gasteiger partial charge in [0.05, 0.1) is 11.7 Å². The highest BCUT2D eigenvalue weighted by atomic mass is 16.3. The number of nitrogens with one attached hydrogen (secondary N) is 3. The normalized spacial score (nSPS) is 16.1. The molecular weight excluding hydrogens is 368 g/mol. The van der Waals surface area contributed by atoms with Gasteiger partial charge in [0.15, 0.2) is 0 Å². The van der Waals surface area contributed by atoms with Crippen molar-refractivity contribution in [2.45, 2.75) is 19.4 Å². The van der Waals surface area contributed by atoms with Gasteiger partial charge in [0, 0.05) is 23.1 Å². The average Bonchev–Trinajstić information content (AvgIpc) is 3.09. The summed E-state index contributed by atoms with van der Waals surface area (Å²) in [5.74, 6) is -0.350. The van der Waals surface area contributed by atoms with Gasteiger partial charge in [0.25, 0.3) is 5.56 Å². The number of aromatic hydroxyl groups is 1. The van der Waals surface area contributed by atoms with Gasteiger partial charge in [-0.15, -0.1) is 0 Å². The Morgan fingerprint density at radius 1 is 1.03 bits per heavy atom. The number of rotatable bonds is 2. The molecule has 4 aromatic rings. The van der Waals surface area contributed by atoms with Crippen molar-refractivity contribution in [1.82, 2.24) is 19.9 Å². The molecule has 0 amide bonds. The minimum absolute atomic E-state index is 0.125. The fraction of sp³-hybridized carbons (Fsp3) is 0.182. The molecule has 29 heavy (non-hydrogen) atoms. The lowest BCUT2D eigenvalue weighted by Crippen LogP contribution is -2.38. The molecule has 2 aromatic carbocycles. The van der Waals surface area contributed by atoms with Crippen molar-refractivity contribution in [3.8, 4) is 11.6 Å². The fourth-order valence-electron chi connectivity index (χ4n) is 4.26. The van der Waals surface area contributed by atoms with Gasteiger partial charge in [0.2, 0.25) is 5.88 Å². The van der Waals surface area contributed by atoms with Crippen LogP contribution in [0.25, 0.3) is 16.6 Å². The molecule has 7 nitrogen and oxygen atoms in total. The molecular formula is C22H20N4O3. The van der Waals surface area contributed by atoms with E-state index in [0.717, 1.165) is 38.7 Å². The van der Waals surface area contributed by atoms with Crippen LogP contribution in [0.15, 0.2) is 58.1 Å². The molecule has 2 aromatic heterocycles. The van der Waals surface area contributed by atoms with E-state index in [4.69, 9.17) is 0 Å². The average molecular weight is 388 g/mol. The van der Waals surface area contributed by atoms with E-state index in [2.05, 4.69) is 15.3 Å². The summed E-state index contributed by atoms with van der Waals surface area (Å²) in [6.07, 6.45) is 0.811. The van der Waals surface area contributed by atoms with Crippen LogP contribution in [-0.4, -0.2) is 26.2 Å². The number of H-pyrrole nitrogens is 2. The molecule has 146 valence electrons. The van der Waals surface area contributed by atoms with E-state index in [-0.39, 0.29) is 11.4 Å². The SMILES string of the molecule is Cc1ccccc1-n1c(O)c(C2NCCc3c2[nH]c2ccccc32)c(=O)[nH]c1=O. The van der Waals surface area contributed by atoms with Crippen molar-refractivity contribution < 1.29 is 5.11 Å². The molecule has 1 aliphatic heterocycles. The van der Waals surface area contributed by atoms with Crippen LogP contribution >= 0.6 is 0 Å². The van der Waals surface area contributed by atoms with Crippen molar-refractivity contribution in [3.05, 3.63) is 91.8 Å². The van der Waals surface area contributed by atoms with E-state index in [1.807, 2.05) is 43.3 Å². The molecule has 0 aliphatic carbocycles. The maximum atomic E-state index is 12.8. The number of fused-ring (bicyclic) bond motifs is 3. The zero-order valence-electron chi connectivity index (χ0n) is 15.8. The van der Waals surface area contributed by atoms with Crippen molar-refractivity contribution in [3.63, 3.8) is 0 Å². The van der Waals surface area contributed by atoms with Crippen molar-refractivity contribution >= 4 is 10.9 Å². The van der Waals surface area contributed by atoms with E-state index in [1.54, 1.807) is 12.1 Å². The highest BCUT2D eigenvalue weighted by molar-refractivity contribution is 5.85. The van der Waals surface area contributed by atoms with Gasteiger partial charge in [0.1, 0.15) is 5.56 Å². The van der Waals surface area contributed by atoms with Crippen LogP contribution in [0.2, 0.25) is 0 Å². The minimum atomic E-state index is -0.668. The zero-order chi connectivity index (χ0) is 20.1. The summed E-state index contributed by atoms with van der Waals surface area (Å²) in [4.78, 5) is 31.1. The maximum absolute atomic E-state index is 12.8. The summed E-state index contributed by atoms with van der Waals surface area (Å²) in [6, 6.07) is 14.6.